The van der Waals surface area contributed by atoms with Crippen LogP contribution in [0.4, 0.5) is 18.9 Å². The zero-order valence-corrected chi connectivity index (χ0v) is 28.4. The Balaban J connectivity index is 1.59. The zero-order valence-electron chi connectivity index (χ0n) is 26.9. The van der Waals surface area contributed by atoms with Gasteiger partial charge in [-0.1, -0.05) is 90.7 Å². The summed E-state index contributed by atoms with van der Waals surface area (Å²) in [6.45, 7) is 0.808. The molecule has 5 rings (SSSR count). The Hall–Kier alpha value is -4.35. The largest absolute Gasteiger partial charge is 0.416 e. The number of carbonyl (C=O) groups is 2. The van der Waals surface area contributed by atoms with Gasteiger partial charge in [0.05, 0.1) is 16.1 Å². The van der Waals surface area contributed by atoms with Crippen molar-refractivity contribution < 1.29 is 31.2 Å². The third-order valence-electron chi connectivity index (χ3n) is 8.59. The van der Waals surface area contributed by atoms with Crippen molar-refractivity contribution in [2.24, 2.45) is 0 Å². The molecular weight excluding hydrogens is 675 g/mol. The van der Waals surface area contributed by atoms with Crippen LogP contribution >= 0.6 is 11.6 Å². The Morgan fingerprint density at radius 3 is 2.16 bits per heavy atom. The number of nitrogens with one attached hydrogen (secondary N) is 1. The SMILES string of the molecule is Cc1ccc(S(=O)(=O)N(CC(=O)N(Cc2ccc(Cl)cc2)[C@H](Cc2ccccc2)C(=O)NC2CCCC2)c2cccc(C(F)(F)F)c2)cc1. The number of halogens is 4. The Morgan fingerprint density at radius 1 is 0.878 bits per heavy atom. The molecule has 1 aliphatic carbocycles. The van der Waals surface area contributed by atoms with Crippen molar-refractivity contribution >= 4 is 39.1 Å². The molecule has 2 amide bonds. The number of amides is 2. The van der Waals surface area contributed by atoms with Crippen molar-refractivity contribution in [1.29, 1.82) is 0 Å². The molecule has 0 heterocycles. The van der Waals surface area contributed by atoms with Crippen molar-refractivity contribution in [2.45, 2.75) is 68.7 Å². The van der Waals surface area contributed by atoms with E-state index in [4.69, 9.17) is 11.6 Å². The number of nitrogens with zero attached hydrogens (tertiary/aromatic N) is 2. The standard InChI is InChI=1S/C37H37ClF3N3O4S/c1-26-14-20-33(21-15-26)49(47,48)44(32-13-7-10-29(23-32)37(39,40)41)25-35(45)43(24-28-16-18-30(38)19-17-28)34(22-27-8-3-2-4-9-27)36(46)42-31-11-5-6-12-31/h2-4,7-10,13-21,23,31,34H,5-6,11-12,22,24-25H2,1H3,(H,42,46)/t34-/m1/s1. The molecule has 1 fully saturated rings. The summed E-state index contributed by atoms with van der Waals surface area (Å²) in [6.07, 6.45) is -1.12. The third-order valence-corrected chi connectivity index (χ3v) is 10.6. The highest BCUT2D eigenvalue weighted by atomic mass is 35.5. The van der Waals surface area contributed by atoms with Crippen LogP contribution in [0.5, 0.6) is 0 Å². The van der Waals surface area contributed by atoms with Crippen LogP contribution in [-0.4, -0.2) is 43.8 Å². The van der Waals surface area contributed by atoms with Crippen molar-refractivity contribution in [3.63, 3.8) is 0 Å². The zero-order chi connectivity index (χ0) is 35.2. The Morgan fingerprint density at radius 2 is 1.53 bits per heavy atom. The molecule has 12 heteroatoms. The number of alkyl halides is 3. The fourth-order valence-electron chi connectivity index (χ4n) is 5.91. The molecule has 0 aliphatic heterocycles. The van der Waals surface area contributed by atoms with Crippen LogP contribution in [0.2, 0.25) is 5.02 Å². The van der Waals surface area contributed by atoms with E-state index in [0.29, 0.717) is 21.0 Å². The first-order valence-electron chi connectivity index (χ1n) is 16.0. The molecule has 0 radical (unpaired) electrons. The highest BCUT2D eigenvalue weighted by Crippen LogP contribution is 2.33. The summed E-state index contributed by atoms with van der Waals surface area (Å²) in [5.41, 5.74) is 0.746. The van der Waals surface area contributed by atoms with Gasteiger partial charge in [-0.2, -0.15) is 13.2 Å². The first-order valence-corrected chi connectivity index (χ1v) is 17.8. The monoisotopic (exact) mass is 711 g/mol. The Bertz CT molecular complexity index is 1850. The number of carbonyl (C=O) groups excluding carboxylic acids is 2. The van der Waals surface area contributed by atoms with Gasteiger partial charge in [-0.3, -0.25) is 13.9 Å². The predicted octanol–water partition coefficient (Wildman–Crippen LogP) is 7.56. The first kappa shape index (κ1) is 35.9. The molecular formula is C37H37ClF3N3O4S. The molecule has 4 aromatic carbocycles. The van der Waals surface area contributed by atoms with E-state index >= 15 is 0 Å². The lowest BCUT2D eigenvalue weighted by molar-refractivity contribution is -0.140. The molecule has 0 aromatic heterocycles. The Labute approximate surface area is 289 Å². The van der Waals surface area contributed by atoms with E-state index in [2.05, 4.69) is 5.32 Å². The number of anilines is 1. The van der Waals surface area contributed by atoms with E-state index in [0.717, 1.165) is 48.9 Å². The molecule has 1 N–H and O–H groups in total. The van der Waals surface area contributed by atoms with E-state index in [1.165, 1.54) is 23.1 Å². The second-order valence-electron chi connectivity index (χ2n) is 12.2. The Kier molecular flexibility index (Phi) is 11.3. The van der Waals surface area contributed by atoms with Crippen LogP contribution in [0, 0.1) is 6.92 Å². The summed E-state index contributed by atoms with van der Waals surface area (Å²) in [5, 5.41) is 3.55. The first-order chi connectivity index (χ1) is 23.3. The minimum atomic E-state index is -4.76. The molecule has 1 saturated carbocycles. The summed E-state index contributed by atoms with van der Waals surface area (Å²) in [4.78, 5) is 29.8. The van der Waals surface area contributed by atoms with Crippen molar-refractivity contribution in [1.82, 2.24) is 10.2 Å². The van der Waals surface area contributed by atoms with Crippen molar-refractivity contribution in [2.75, 3.05) is 10.8 Å². The van der Waals surface area contributed by atoms with Gasteiger partial charge in [0, 0.05) is 24.0 Å². The van der Waals surface area contributed by atoms with Gasteiger partial charge in [-0.05, 0) is 73.4 Å². The maximum atomic E-state index is 14.6. The molecule has 0 unspecified atom stereocenters. The van der Waals surface area contributed by atoms with Gasteiger partial charge in [0.2, 0.25) is 11.8 Å². The highest BCUT2D eigenvalue weighted by Gasteiger charge is 2.37. The van der Waals surface area contributed by atoms with Gasteiger partial charge in [0.1, 0.15) is 12.6 Å². The van der Waals surface area contributed by atoms with E-state index in [-0.39, 0.29) is 29.6 Å². The van der Waals surface area contributed by atoms with Gasteiger partial charge >= 0.3 is 6.18 Å². The number of hydrogen-bond acceptors (Lipinski definition) is 4. The second kappa shape index (κ2) is 15.5. The van der Waals surface area contributed by atoms with E-state index in [1.54, 1.807) is 43.3 Å². The molecule has 258 valence electrons. The van der Waals surface area contributed by atoms with E-state index < -0.39 is 46.2 Å². The van der Waals surface area contributed by atoms with Gasteiger partial charge in [-0.25, -0.2) is 8.42 Å². The molecule has 0 bridgehead atoms. The van der Waals surface area contributed by atoms with Crippen LogP contribution in [0.15, 0.2) is 108 Å². The number of hydrogen-bond donors (Lipinski definition) is 1. The molecule has 7 nitrogen and oxygen atoms in total. The van der Waals surface area contributed by atoms with Crippen LogP contribution < -0.4 is 9.62 Å². The average molecular weight is 712 g/mol. The quantitative estimate of drug-likeness (QED) is 0.164. The average Bonchev–Trinajstić information content (AvgIpc) is 3.59. The minimum absolute atomic E-state index is 0.0678. The summed E-state index contributed by atoms with van der Waals surface area (Å²) in [5.74, 6) is -1.17. The number of rotatable bonds is 12. The van der Waals surface area contributed by atoms with Gasteiger partial charge in [0.15, 0.2) is 0 Å². The molecule has 49 heavy (non-hydrogen) atoms. The lowest BCUT2D eigenvalue weighted by atomic mass is 10.0. The van der Waals surface area contributed by atoms with Crippen LogP contribution in [-0.2, 0) is 38.8 Å². The normalized spacial score (nSPS) is 14.3. The smallest absolute Gasteiger partial charge is 0.352 e. The van der Waals surface area contributed by atoms with E-state index in [1.807, 2.05) is 30.3 Å². The van der Waals surface area contributed by atoms with E-state index in [9.17, 15) is 31.2 Å². The molecule has 1 aliphatic rings. The predicted molar refractivity (Wildman–Crippen MR) is 183 cm³/mol. The fourth-order valence-corrected chi connectivity index (χ4v) is 7.44. The van der Waals surface area contributed by atoms with Crippen LogP contribution in [0.1, 0.15) is 47.9 Å². The summed E-state index contributed by atoms with van der Waals surface area (Å²) >= 11 is 6.13. The molecule has 4 aromatic rings. The maximum absolute atomic E-state index is 14.6. The highest BCUT2D eigenvalue weighted by molar-refractivity contribution is 7.92. The van der Waals surface area contributed by atoms with Crippen LogP contribution in [0.25, 0.3) is 0 Å². The maximum Gasteiger partial charge on any atom is 0.416 e. The molecule has 0 spiro atoms. The lowest BCUT2D eigenvalue weighted by Crippen LogP contribution is -2.54. The van der Waals surface area contributed by atoms with Gasteiger partial charge < -0.3 is 10.2 Å². The van der Waals surface area contributed by atoms with Crippen molar-refractivity contribution in [3.05, 3.63) is 130 Å². The van der Waals surface area contributed by atoms with Crippen LogP contribution in [0.3, 0.4) is 0 Å². The van der Waals surface area contributed by atoms with Gasteiger partial charge in [0.25, 0.3) is 10.0 Å². The van der Waals surface area contributed by atoms with Crippen molar-refractivity contribution in [3.8, 4) is 0 Å². The fraction of sp³-hybridized carbons (Fsp3) is 0.297. The lowest BCUT2D eigenvalue weighted by Gasteiger charge is -2.34. The summed E-state index contributed by atoms with van der Waals surface area (Å²) in [7, 11) is -4.56. The second-order valence-corrected chi connectivity index (χ2v) is 14.5. The topological polar surface area (TPSA) is 86.8 Å². The minimum Gasteiger partial charge on any atom is -0.352 e. The molecule has 1 atom stereocenters. The third kappa shape index (κ3) is 9.21. The van der Waals surface area contributed by atoms with Gasteiger partial charge in [-0.15, -0.1) is 0 Å². The number of benzene rings is 4. The number of sulfonamides is 1. The summed E-state index contributed by atoms with van der Waals surface area (Å²) < 4.78 is 70.5. The summed E-state index contributed by atoms with van der Waals surface area (Å²) in [6, 6.07) is 24.3. The number of aryl methyl sites for hydroxylation is 1. The molecule has 0 saturated heterocycles.